The summed E-state index contributed by atoms with van der Waals surface area (Å²) in [7, 11) is 1.58. The lowest BCUT2D eigenvalue weighted by Gasteiger charge is -2.13. The first kappa shape index (κ1) is 22.3. The number of rotatable bonds is 9. The number of hydrogen-bond donors (Lipinski definition) is 2. The van der Waals surface area contributed by atoms with E-state index in [0.29, 0.717) is 30.2 Å². The highest BCUT2D eigenvalue weighted by atomic mass is 16.5. The third kappa shape index (κ3) is 4.95. The Labute approximate surface area is 193 Å². The molecule has 0 fully saturated rings. The van der Waals surface area contributed by atoms with Crippen molar-refractivity contribution in [2.45, 2.75) is 26.2 Å². The van der Waals surface area contributed by atoms with Gasteiger partial charge >= 0.3 is 0 Å². The second-order valence-electron chi connectivity index (χ2n) is 7.78. The molecule has 2 aromatic carbocycles. The number of nitrogens with one attached hydrogen (secondary N) is 2. The molecule has 170 valence electrons. The third-order valence-electron chi connectivity index (χ3n) is 5.53. The Morgan fingerprint density at radius 1 is 1.09 bits per heavy atom. The van der Waals surface area contributed by atoms with Crippen LogP contribution in [0.2, 0.25) is 0 Å². The lowest BCUT2D eigenvalue weighted by molar-refractivity contribution is 0.0955. The van der Waals surface area contributed by atoms with Gasteiger partial charge in [-0.3, -0.25) is 4.79 Å². The van der Waals surface area contributed by atoms with Crippen molar-refractivity contribution < 1.29 is 9.53 Å². The van der Waals surface area contributed by atoms with Crippen LogP contribution in [0, 0.1) is 0 Å². The summed E-state index contributed by atoms with van der Waals surface area (Å²) in [5.74, 6) is 2.19. The Kier molecular flexibility index (Phi) is 6.83. The molecule has 0 aliphatic carbocycles. The van der Waals surface area contributed by atoms with Crippen molar-refractivity contribution >= 4 is 22.8 Å². The molecular weight excluding hydrogens is 416 g/mol. The van der Waals surface area contributed by atoms with Gasteiger partial charge in [0.25, 0.3) is 5.91 Å². The van der Waals surface area contributed by atoms with Gasteiger partial charge in [-0.2, -0.15) is 5.10 Å². The van der Waals surface area contributed by atoms with Crippen molar-refractivity contribution in [1.29, 1.82) is 0 Å². The highest BCUT2D eigenvalue weighted by Gasteiger charge is 2.16. The van der Waals surface area contributed by atoms with E-state index in [1.54, 1.807) is 31.5 Å². The van der Waals surface area contributed by atoms with Crippen molar-refractivity contribution in [3.8, 4) is 11.4 Å². The van der Waals surface area contributed by atoms with Crippen LogP contribution in [-0.2, 0) is 0 Å². The van der Waals surface area contributed by atoms with Gasteiger partial charge in [0, 0.05) is 24.6 Å². The fourth-order valence-electron chi connectivity index (χ4n) is 3.44. The van der Waals surface area contributed by atoms with Crippen LogP contribution in [0.5, 0.6) is 5.75 Å². The number of carbonyl (C=O) groups excluding carboxylic acids is 1. The van der Waals surface area contributed by atoms with Crippen molar-refractivity contribution in [1.82, 2.24) is 25.1 Å². The van der Waals surface area contributed by atoms with E-state index in [1.807, 2.05) is 41.1 Å². The SMILES string of the molecule is CC[C@H](C)c1nc(NCCNC(=O)c2cccc(OC)c2)c2cnn(-c3ccccc3)c2n1. The predicted octanol–water partition coefficient (Wildman–Crippen LogP) is 4.18. The summed E-state index contributed by atoms with van der Waals surface area (Å²) < 4.78 is 7.02. The second-order valence-corrected chi connectivity index (χ2v) is 7.78. The normalized spacial score (nSPS) is 11.8. The summed E-state index contributed by atoms with van der Waals surface area (Å²) in [6.45, 7) is 5.18. The first-order valence-electron chi connectivity index (χ1n) is 11.1. The number of methoxy groups -OCH3 is 1. The number of fused-ring (bicyclic) bond motifs is 1. The summed E-state index contributed by atoms with van der Waals surface area (Å²) in [5.41, 5.74) is 2.26. The van der Waals surface area contributed by atoms with E-state index >= 15 is 0 Å². The van der Waals surface area contributed by atoms with Crippen LogP contribution in [0.15, 0.2) is 60.8 Å². The third-order valence-corrected chi connectivity index (χ3v) is 5.53. The number of amides is 1. The van der Waals surface area contributed by atoms with E-state index < -0.39 is 0 Å². The number of para-hydroxylation sites is 1. The van der Waals surface area contributed by atoms with Gasteiger partial charge in [-0.25, -0.2) is 14.6 Å². The highest BCUT2D eigenvalue weighted by molar-refractivity contribution is 5.94. The summed E-state index contributed by atoms with van der Waals surface area (Å²) in [6.07, 6.45) is 2.71. The number of anilines is 1. The first-order valence-corrected chi connectivity index (χ1v) is 11.1. The molecule has 1 amide bonds. The van der Waals surface area contributed by atoms with Gasteiger partial charge in [-0.15, -0.1) is 0 Å². The van der Waals surface area contributed by atoms with Gasteiger partial charge in [0.1, 0.15) is 17.4 Å². The lowest BCUT2D eigenvalue weighted by Crippen LogP contribution is -2.29. The molecule has 2 aromatic heterocycles. The van der Waals surface area contributed by atoms with Gasteiger partial charge in [0.05, 0.1) is 24.4 Å². The molecule has 0 unspecified atom stereocenters. The fraction of sp³-hybridized carbons (Fsp3) is 0.280. The minimum Gasteiger partial charge on any atom is -0.497 e. The summed E-state index contributed by atoms with van der Waals surface area (Å²) in [4.78, 5) is 22.0. The first-order chi connectivity index (χ1) is 16.1. The standard InChI is InChI=1S/C25H28N6O2/c1-4-17(2)22-29-23(21-16-28-31(24(21)30-22)19-10-6-5-7-11-19)26-13-14-27-25(32)18-9-8-12-20(15-18)33-3/h5-12,15-17H,4,13-14H2,1-3H3,(H,27,32)(H,26,29,30)/t17-/m0/s1. The van der Waals surface area contributed by atoms with Crippen LogP contribution in [0.4, 0.5) is 5.82 Å². The molecule has 2 N–H and O–H groups in total. The van der Waals surface area contributed by atoms with E-state index in [4.69, 9.17) is 14.7 Å². The van der Waals surface area contributed by atoms with Gasteiger partial charge in [0.2, 0.25) is 0 Å². The molecule has 2 heterocycles. The largest absolute Gasteiger partial charge is 0.497 e. The van der Waals surface area contributed by atoms with Crippen molar-refractivity contribution in [2.75, 3.05) is 25.5 Å². The van der Waals surface area contributed by atoms with Crippen LogP contribution < -0.4 is 15.4 Å². The average Bonchev–Trinajstić information content (AvgIpc) is 3.30. The maximum absolute atomic E-state index is 12.4. The molecule has 33 heavy (non-hydrogen) atoms. The molecule has 0 aliphatic rings. The van der Waals surface area contributed by atoms with E-state index in [1.165, 1.54) is 0 Å². The summed E-state index contributed by atoms with van der Waals surface area (Å²) in [6, 6.07) is 17.0. The zero-order chi connectivity index (χ0) is 23.2. The quantitative estimate of drug-likeness (QED) is 0.376. The molecule has 8 heteroatoms. The Hall–Kier alpha value is -3.94. The Balaban J connectivity index is 1.52. The number of ether oxygens (including phenoxy) is 1. The maximum atomic E-state index is 12.4. The van der Waals surface area contributed by atoms with Crippen molar-refractivity contribution in [3.63, 3.8) is 0 Å². The fourth-order valence-corrected chi connectivity index (χ4v) is 3.44. The van der Waals surface area contributed by atoms with E-state index in [9.17, 15) is 4.79 Å². The van der Waals surface area contributed by atoms with Crippen molar-refractivity contribution in [2.24, 2.45) is 0 Å². The minimum absolute atomic E-state index is 0.152. The van der Waals surface area contributed by atoms with Crippen LogP contribution >= 0.6 is 0 Å². The van der Waals surface area contributed by atoms with Crippen molar-refractivity contribution in [3.05, 3.63) is 72.2 Å². The van der Waals surface area contributed by atoms with Crippen LogP contribution in [0.1, 0.15) is 42.4 Å². The van der Waals surface area contributed by atoms with Crippen LogP contribution in [0.25, 0.3) is 16.7 Å². The number of hydrogen-bond acceptors (Lipinski definition) is 6. The molecule has 0 aliphatic heterocycles. The predicted molar refractivity (Wildman–Crippen MR) is 129 cm³/mol. The molecule has 1 atom stereocenters. The molecule has 0 spiro atoms. The Morgan fingerprint density at radius 2 is 1.91 bits per heavy atom. The number of benzene rings is 2. The van der Waals surface area contributed by atoms with E-state index in [-0.39, 0.29) is 11.8 Å². The highest BCUT2D eigenvalue weighted by Crippen LogP contribution is 2.26. The summed E-state index contributed by atoms with van der Waals surface area (Å²) in [5, 5.41) is 11.7. The topological polar surface area (TPSA) is 94.0 Å². The zero-order valence-electron chi connectivity index (χ0n) is 19.1. The second kappa shape index (κ2) is 10.1. The van der Waals surface area contributed by atoms with Gasteiger partial charge in [-0.05, 0) is 36.8 Å². The number of nitrogens with zero attached hydrogens (tertiary/aromatic N) is 4. The van der Waals surface area contributed by atoms with E-state index in [2.05, 4.69) is 29.6 Å². The molecule has 0 saturated heterocycles. The molecule has 0 radical (unpaired) electrons. The molecule has 0 bridgehead atoms. The molecule has 8 nitrogen and oxygen atoms in total. The van der Waals surface area contributed by atoms with Gasteiger partial charge in [-0.1, -0.05) is 38.1 Å². The monoisotopic (exact) mass is 444 g/mol. The average molecular weight is 445 g/mol. The van der Waals surface area contributed by atoms with E-state index in [0.717, 1.165) is 29.0 Å². The Morgan fingerprint density at radius 3 is 2.67 bits per heavy atom. The van der Waals surface area contributed by atoms with Gasteiger partial charge < -0.3 is 15.4 Å². The maximum Gasteiger partial charge on any atom is 0.251 e. The molecule has 4 aromatic rings. The minimum atomic E-state index is -0.152. The summed E-state index contributed by atoms with van der Waals surface area (Å²) >= 11 is 0. The number of carbonyl (C=O) groups is 1. The molecule has 4 rings (SSSR count). The van der Waals surface area contributed by atoms with Crippen LogP contribution in [-0.4, -0.2) is 45.9 Å². The Bertz CT molecular complexity index is 1240. The lowest BCUT2D eigenvalue weighted by atomic mass is 10.1. The zero-order valence-corrected chi connectivity index (χ0v) is 19.1. The molecule has 0 saturated carbocycles. The van der Waals surface area contributed by atoms with Gasteiger partial charge in [0.15, 0.2) is 5.65 Å². The number of aromatic nitrogens is 4. The molecular formula is C25H28N6O2. The smallest absolute Gasteiger partial charge is 0.251 e. The van der Waals surface area contributed by atoms with Crippen LogP contribution in [0.3, 0.4) is 0 Å².